The van der Waals surface area contributed by atoms with E-state index in [0.29, 0.717) is 5.88 Å². The van der Waals surface area contributed by atoms with Gasteiger partial charge >= 0.3 is 0 Å². The van der Waals surface area contributed by atoms with Crippen molar-refractivity contribution in [2.45, 2.75) is 13.5 Å². The second-order valence-electron chi connectivity index (χ2n) is 4.23. The molecule has 0 aliphatic heterocycles. The molecule has 0 radical (unpaired) electrons. The third-order valence-electron chi connectivity index (χ3n) is 2.91. The fraction of sp³-hybridized carbons (Fsp3) is 0.214. The van der Waals surface area contributed by atoms with Crippen molar-refractivity contribution in [1.29, 1.82) is 0 Å². The molecule has 2 heterocycles. The molecule has 6 heteroatoms. The molecule has 20 heavy (non-hydrogen) atoms. The molecule has 3 rings (SSSR count). The van der Waals surface area contributed by atoms with Gasteiger partial charge in [0.25, 0.3) is 0 Å². The number of ether oxygens (including phenoxy) is 1. The van der Waals surface area contributed by atoms with E-state index in [1.807, 2.05) is 35.8 Å². The largest absolute Gasteiger partial charge is 0.436 e. The zero-order valence-electron chi connectivity index (χ0n) is 11.0. The number of thiazole rings is 1. The van der Waals surface area contributed by atoms with Gasteiger partial charge in [0.2, 0.25) is 5.88 Å². The van der Waals surface area contributed by atoms with Crippen molar-refractivity contribution in [3.05, 3.63) is 46.0 Å². The van der Waals surface area contributed by atoms with Crippen molar-refractivity contribution in [2.24, 2.45) is 0 Å². The Hall–Kier alpha value is -1.37. The fourth-order valence-corrected chi connectivity index (χ4v) is 3.02. The number of hydrogen-bond acceptors (Lipinski definition) is 4. The monoisotopic (exact) mass is 351 g/mol. The Morgan fingerprint density at radius 3 is 3.05 bits per heavy atom. The van der Waals surface area contributed by atoms with E-state index >= 15 is 0 Å². The van der Waals surface area contributed by atoms with E-state index in [0.717, 1.165) is 34.0 Å². The topological polar surface area (TPSA) is 38.6 Å². The van der Waals surface area contributed by atoms with Crippen LogP contribution in [0.5, 0.6) is 11.6 Å². The Morgan fingerprint density at radius 2 is 2.25 bits per heavy atom. The van der Waals surface area contributed by atoms with Crippen molar-refractivity contribution in [3.63, 3.8) is 0 Å². The van der Waals surface area contributed by atoms with Crippen LogP contribution in [-0.4, -0.2) is 15.9 Å². The van der Waals surface area contributed by atoms with Crippen LogP contribution in [0.3, 0.4) is 0 Å². The van der Waals surface area contributed by atoms with E-state index in [2.05, 4.69) is 37.6 Å². The molecule has 1 N–H and O–H groups in total. The van der Waals surface area contributed by atoms with E-state index in [-0.39, 0.29) is 0 Å². The van der Waals surface area contributed by atoms with Crippen LogP contribution in [0, 0.1) is 0 Å². The van der Waals surface area contributed by atoms with Gasteiger partial charge in [-0.2, -0.15) is 4.98 Å². The molecular formula is C14H14BrN3OS. The second-order valence-corrected chi connectivity index (χ2v) is 5.96. The minimum Gasteiger partial charge on any atom is -0.436 e. The molecule has 4 nitrogen and oxygen atoms in total. The average molecular weight is 352 g/mol. The summed E-state index contributed by atoms with van der Waals surface area (Å²) in [6.45, 7) is 3.72. The molecule has 104 valence electrons. The zero-order valence-corrected chi connectivity index (χ0v) is 13.4. The van der Waals surface area contributed by atoms with Gasteiger partial charge in [0.05, 0.1) is 4.47 Å². The Kier molecular flexibility index (Phi) is 4.05. The molecule has 3 aromatic rings. The number of nitrogens with zero attached hydrogens (tertiary/aromatic N) is 2. The van der Waals surface area contributed by atoms with Crippen molar-refractivity contribution >= 4 is 32.2 Å². The first-order valence-corrected chi connectivity index (χ1v) is 8.04. The van der Waals surface area contributed by atoms with Crippen molar-refractivity contribution < 1.29 is 4.74 Å². The molecule has 2 aromatic heterocycles. The van der Waals surface area contributed by atoms with Crippen molar-refractivity contribution in [3.8, 4) is 11.6 Å². The molecule has 0 saturated heterocycles. The summed E-state index contributed by atoms with van der Waals surface area (Å²) >= 11 is 5.10. The number of para-hydroxylation sites is 1. The summed E-state index contributed by atoms with van der Waals surface area (Å²) in [7, 11) is 0. The quantitative estimate of drug-likeness (QED) is 0.753. The van der Waals surface area contributed by atoms with Crippen LogP contribution < -0.4 is 10.1 Å². The minimum absolute atomic E-state index is 0.657. The molecule has 0 amide bonds. The number of imidazole rings is 1. The summed E-state index contributed by atoms with van der Waals surface area (Å²) in [4.78, 5) is 5.50. The number of fused-ring (bicyclic) bond motifs is 1. The van der Waals surface area contributed by atoms with E-state index < -0.39 is 0 Å². The standard InChI is InChI=1S/C14H14BrN3OS/c1-2-16-9-11-13(17-14-18(11)7-8-20-14)19-12-6-4-3-5-10(12)15/h3-8,16H,2,9H2,1H3. The molecule has 0 bridgehead atoms. The molecular weight excluding hydrogens is 338 g/mol. The first-order valence-electron chi connectivity index (χ1n) is 6.37. The summed E-state index contributed by atoms with van der Waals surface area (Å²) in [6, 6.07) is 7.79. The molecule has 0 spiro atoms. The van der Waals surface area contributed by atoms with Crippen molar-refractivity contribution in [1.82, 2.24) is 14.7 Å². The fourth-order valence-electron chi connectivity index (χ4n) is 1.93. The van der Waals surface area contributed by atoms with Gasteiger partial charge in [0, 0.05) is 18.1 Å². The van der Waals surface area contributed by atoms with Gasteiger partial charge in [-0.15, -0.1) is 11.3 Å². The number of hydrogen-bond donors (Lipinski definition) is 1. The summed E-state index contributed by atoms with van der Waals surface area (Å²) < 4.78 is 8.96. The maximum atomic E-state index is 5.97. The maximum Gasteiger partial charge on any atom is 0.243 e. The summed E-state index contributed by atoms with van der Waals surface area (Å²) in [6.07, 6.45) is 2.02. The van der Waals surface area contributed by atoms with Crippen molar-refractivity contribution in [2.75, 3.05) is 6.54 Å². The van der Waals surface area contributed by atoms with Crippen LogP contribution in [0.4, 0.5) is 0 Å². The Balaban J connectivity index is 1.97. The lowest BCUT2D eigenvalue weighted by atomic mass is 10.3. The van der Waals surface area contributed by atoms with Crippen LogP contribution in [-0.2, 0) is 6.54 Å². The number of rotatable bonds is 5. The lowest BCUT2D eigenvalue weighted by molar-refractivity contribution is 0.453. The highest BCUT2D eigenvalue weighted by Gasteiger charge is 2.15. The molecule has 1 aromatic carbocycles. The normalized spacial score (nSPS) is 11.1. The van der Waals surface area contributed by atoms with Gasteiger partial charge in [-0.3, -0.25) is 4.40 Å². The van der Waals surface area contributed by atoms with E-state index in [9.17, 15) is 0 Å². The summed E-state index contributed by atoms with van der Waals surface area (Å²) in [5, 5.41) is 5.35. The second kappa shape index (κ2) is 5.95. The Bertz CT molecular complexity index is 722. The third kappa shape index (κ3) is 2.59. The van der Waals surface area contributed by atoms with Crippen LogP contribution in [0.15, 0.2) is 40.3 Å². The average Bonchev–Trinajstić information content (AvgIpc) is 3.00. The zero-order chi connectivity index (χ0) is 13.9. The maximum absolute atomic E-state index is 5.97. The number of aromatic nitrogens is 2. The predicted molar refractivity (Wildman–Crippen MR) is 84.7 cm³/mol. The first-order chi connectivity index (χ1) is 9.79. The molecule has 0 fully saturated rings. The van der Waals surface area contributed by atoms with Gasteiger partial charge in [0.15, 0.2) is 4.96 Å². The minimum atomic E-state index is 0.657. The van der Waals surface area contributed by atoms with E-state index in [1.54, 1.807) is 11.3 Å². The lowest BCUT2D eigenvalue weighted by Gasteiger charge is -2.08. The van der Waals surface area contributed by atoms with Gasteiger partial charge in [-0.25, -0.2) is 0 Å². The van der Waals surface area contributed by atoms with E-state index in [1.165, 1.54) is 0 Å². The molecule has 0 unspecified atom stereocenters. The smallest absolute Gasteiger partial charge is 0.243 e. The third-order valence-corrected chi connectivity index (χ3v) is 4.32. The first kappa shape index (κ1) is 13.6. The van der Waals surface area contributed by atoms with Gasteiger partial charge in [0.1, 0.15) is 11.4 Å². The SMILES string of the molecule is CCNCc1c(Oc2ccccc2Br)nc2sccn12. The highest BCUT2D eigenvalue weighted by atomic mass is 79.9. The summed E-state index contributed by atoms with van der Waals surface area (Å²) in [5.74, 6) is 1.43. The Labute approximate surface area is 129 Å². The van der Waals surface area contributed by atoms with Crippen LogP contribution in [0.25, 0.3) is 4.96 Å². The summed E-state index contributed by atoms with van der Waals surface area (Å²) in [5.41, 5.74) is 1.04. The molecule has 0 aliphatic rings. The number of nitrogens with one attached hydrogen (secondary N) is 1. The predicted octanol–water partition coefficient (Wildman–Crippen LogP) is 4.06. The number of halogens is 1. The highest BCUT2D eigenvalue weighted by molar-refractivity contribution is 9.10. The highest BCUT2D eigenvalue weighted by Crippen LogP contribution is 2.32. The van der Waals surface area contributed by atoms with Crippen LogP contribution in [0.2, 0.25) is 0 Å². The van der Waals surface area contributed by atoms with Gasteiger partial charge in [-0.05, 0) is 34.6 Å². The molecule has 0 aliphatic carbocycles. The van der Waals surface area contributed by atoms with Gasteiger partial charge < -0.3 is 10.1 Å². The molecule has 0 atom stereocenters. The molecule has 0 saturated carbocycles. The lowest BCUT2D eigenvalue weighted by Crippen LogP contribution is -2.13. The van der Waals surface area contributed by atoms with Gasteiger partial charge in [-0.1, -0.05) is 19.1 Å². The number of benzene rings is 1. The Morgan fingerprint density at radius 1 is 1.40 bits per heavy atom. The van der Waals surface area contributed by atoms with E-state index in [4.69, 9.17) is 4.74 Å². The van der Waals surface area contributed by atoms with Crippen LogP contribution in [0.1, 0.15) is 12.6 Å². The van der Waals surface area contributed by atoms with Crippen LogP contribution >= 0.6 is 27.3 Å².